The molecule has 4 heterocycles. The maximum absolute atomic E-state index is 11.5. The van der Waals surface area contributed by atoms with Crippen LogP contribution in [0.2, 0.25) is 10.0 Å². The molecule has 0 radical (unpaired) electrons. The van der Waals surface area contributed by atoms with E-state index in [0.29, 0.717) is 59.9 Å². The Balaban J connectivity index is 1.24. The Morgan fingerprint density at radius 2 is 1.66 bits per heavy atom. The van der Waals surface area contributed by atoms with Gasteiger partial charge in [-0.15, -0.1) is 0 Å². The lowest BCUT2D eigenvalue weighted by molar-refractivity contribution is -0.119. The van der Waals surface area contributed by atoms with Gasteiger partial charge >= 0.3 is 0 Å². The number of benzene rings is 2. The number of halogens is 2. The third-order valence-electron chi connectivity index (χ3n) is 8.15. The summed E-state index contributed by atoms with van der Waals surface area (Å²) < 4.78 is 5.64. The van der Waals surface area contributed by atoms with E-state index in [1.54, 1.807) is 20.2 Å². The van der Waals surface area contributed by atoms with Gasteiger partial charge in [-0.25, -0.2) is 4.98 Å². The molecule has 1 fully saturated rings. The highest BCUT2D eigenvalue weighted by atomic mass is 35.5. The molecule has 1 aliphatic heterocycles. The Morgan fingerprint density at radius 3 is 2.34 bits per heavy atom. The molecule has 2 unspecified atom stereocenters. The number of hydrogen-bond donors (Lipinski definition) is 4. The Bertz CT molecular complexity index is 1920. The van der Waals surface area contributed by atoms with Crippen molar-refractivity contribution in [2.45, 2.75) is 45.0 Å². The van der Waals surface area contributed by atoms with E-state index in [4.69, 9.17) is 37.9 Å². The van der Waals surface area contributed by atoms with Gasteiger partial charge in [0.25, 0.3) is 0 Å². The average molecular weight is 672 g/mol. The summed E-state index contributed by atoms with van der Waals surface area (Å²) >= 11 is 14.1. The Morgan fingerprint density at radius 1 is 0.936 bits per heavy atom. The largest absolute Gasteiger partial charge is 0.481 e. The predicted octanol–water partition coefficient (Wildman–Crippen LogP) is 6.18. The van der Waals surface area contributed by atoms with Gasteiger partial charge in [0.1, 0.15) is 0 Å². The van der Waals surface area contributed by atoms with Crippen LogP contribution in [0.3, 0.4) is 0 Å². The maximum atomic E-state index is 11.5. The van der Waals surface area contributed by atoms with Crippen LogP contribution in [0, 0.1) is 0 Å². The first kappa shape index (κ1) is 32.8. The first-order valence-corrected chi connectivity index (χ1v) is 16.3. The topological polar surface area (TPSA) is 121 Å². The number of pyridine rings is 3. The number of aromatic nitrogens is 3. The molecule has 47 heavy (non-hydrogen) atoms. The Kier molecular flexibility index (Phi) is 10.3. The first-order chi connectivity index (χ1) is 22.8. The van der Waals surface area contributed by atoms with Gasteiger partial charge in [-0.05, 0) is 37.1 Å². The molecule has 2 aromatic carbocycles. The van der Waals surface area contributed by atoms with Gasteiger partial charge in [-0.1, -0.05) is 65.7 Å². The molecule has 242 valence electrons. The summed E-state index contributed by atoms with van der Waals surface area (Å²) in [5, 5.41) is 21.0. The van der Waals surface area contributed by atoms with E-state index >= 15 is 0 Å². The number of methoxy groups -OCH3 is 1. The Labute approximate surface area is 283 Å². The summed E-state index contributed by atoms with van der Waals surface area (Å²) in [4.78, 5) is 25.6. The van der Waals surface area contributed by atoms with Gasteiger partial charge in [0.2, 0.25) is 11.8 Å². The molecule has 0 spiro atoms. The van der Waals surface area contributed by atoms with Crippen molar-refractivity contribution in [1.82, 2.24) is 30.9 Å². The molecule has 0 saturated carbocycles. The van der Waals surface area contributed by atoms with E-state index in [2.05, 4.69) is 20.9 Å². The lowest BCUT2D eigenvalue weighted by atomic mass is 9.98. The van der Waals surface area contributed by atoms with Crippen molar-refractivity contribution in [2.24, 2.45) is 0 Å². The molecule has 1 saturated heterocycles. The van der Waals surface area contributed by atoms with Gasteiger partial charge in [-0.2, -0.15) is 0 Å². The van der Waals surface area contributed by atoms with Gasteiger partial charge in [0.05, 0.1) is 40.2 Å². The number of amides is 1. The number of carbonyl (C=O) groups excluding carboxylic acids is 1. The van der Waals surface area contributed by atoms with Crippen molar-refractivity contribution in [3.8, 4) is 39.5 Å². The van der Waals surface area contributed by atoms with Crippen molar-refractivity contribution in [1.29, 1.82) is 0 Å². The first-order valence-electron chi connectivity index (χ1n) is 15.6. The predicted molar refractivity (Wildman–Crippen MR) is 186 cm³/mol. The third-order valence-corrected chi connectivity index (χ3v) is 8.97. The zero-order chi connectivity index (χ0) is 32.9. The molecule has 4 N–H and O–H groups in total. The van der Waals surface area contributed by atoms with Gasteiger partial charge in [0.15, 0.2) is 0 Å². The monoisotopic (exact) mass is 670 g/mol. The highest BCUT2D eigenvalue weighted by Gasteiger charge is 2.21. The second kappa shape index (κ2) is 14.8. The zero-order valence-electron chi connectivity index (χ0n) is 26.2. The summed E-state index contributed by atoms with van der Waals surface area (Å²) in [7, 11) is 1.60. The number of ether oxygens (including phenoxy) is 1. The molecular formula is C36H36Cl2N6O3. The van der Waals surface area contributed by atoms with Crippen LogP contribution in [0.15, 0.2) is 73.1 Å². The number of nitrogens with zero attached hydrogens (tertiary/aromatic N) is 3. The van der Waals surface area contributed by atoms with E-state index in [0.717, 1.165) is 50.7 Å². The number of nitrogens with one attached hydrogen (secondary N) is 3. The lowest BCUT2D eigenvalue weighted by Gasteiger charge is -2.15. The number of carbonyl (C=O) groups is 1. The fraction of sp³-hybridized carbons (Fsp3) is 0.278. The van der Waals surface area contributed by atoms with Crippen molar-refractivity contribution in [2.75, 3.05) is 20.2 Å². The van der Waals surface area contributed by atoms with E-state index in [1.165, 1.54) is 0 Å². The average Bonchev–Trinajstić information content (AvgIpc) is 3.49. The van der Waals surface area contributed by atoms with Crippen LogP contribution in [0.1, 0.15) is 30.9 Å². The molecule has 1 amide bonds. The van der Waals surface area contributed by atoms with E-state index in [9.17, 15) is 9.90 Å². The normalized spacial score (nSPS) is 15.2. The third kappa shape index (κ3) is 7.56. The Hall–Kier alpha value is -4.12. The van der Waals surface area contributed by atoms with Crippen molar-refractivity contribution >= 4 is 40.0 Å². The molecule has 5 aromatic rings. The van der Waals surface area contributed by atoms with Crippen LogP contribution < -0.4 is 20.7 Å². The van der Waals surface area contributed by atoms with Crippen molar-refractivity contribution in [3.63, 3.8) is 0 Å². The molecule has 2 atom stereocenters. The number of hydrogen-bond acceptors (Lipinski definition) is 8. The van der Waals surface area contributed by atoms with E-state index in [-0.39, 0.29) is 11.9 Å². The fourth-order valence-corrected chi connectivity index (χ4v) is 6.40. The van der Waals surface area contributed by atoms with Crippen LogP contribution in [-0.4, -0.2) is 58.3 Å². The smallest absolute Gasteiger partial charge is 0.220 e. The standard InChI is InChI=1S/C36H36Cl2N6O3/c1-21(45)15-39-16-22-13-24-19-42-32(14-31(24)41-17-22)29-8-4-6-27(35(29)38)26-5-3-7-28(34(26)37)30-11-9-23(36(44-30)47-2)18-40-20-25-10-12-33(46)43-25/h3-9,11,13-14,17,19,21,25,39-40,45H,10,12,15-16,18,20H2,1-2H3,(H,43,46). The molecular weight excluding hydrogens is 635 g/mol. The van der Waals surface area contributed by atoms with Crippen LogP contribution in [0.5, 0.6) is 5.88 Å². The number of aliphatic hydroxyl groups is 1. The molecule has 3 aromatic heterocycles. The SMILES string of the molecule is COc1nc(-c2cccc(-c3cccc(-c4cc5ncc(CNCC(C)O)cc5cn4)c3Cl)c2Cl)ccc1CNCC1CCC(=O)N1. The van der Waals surface area contributed by atoms with Gasteiger partial charge in [-0.3, -0.25) is 14.8 Å². The zero-order valence-corrected chi connectivity index (χ0v) is 27.7. The minimum atomic E-state index is -0.412. The number of fused-ring (bicyclic) bond motifs is 1. The van der Waals surface area contributed by atoms with Crippen molar-refractivity contribution < 1.29 is 14.6 Å². The molecule has 11 heteroatoms. The fourth-order valence-electron chi connectivity index (χ4n) is 5.75. The summed E-state index contributed by atoms with van der Waals surface area (Å²) in [6, 6.07) is 19.7. The molecule has 9 nitrogen and oxygen atoms in total. The summed E-state index contributed by atoms with van der Waals surface area (Å²) in [5.41, 5.74) is 7.17. The highest BCUT2D eigenvalue weighted by molar-refractivity contribution is 6.39. The summed E-state index contributed by atoms with van der Waals surface area (Å²) in [6.45, 7) is 4.10. The van der Waals surface area contributed by atoms with Crippen LogP contribution in [-0.2, 0) is 17.9 Å². The molecule has 0 aliphatic carbocycles. The van der Waals surface area contributed by atoms with Crippen LogP contribution in [0.25, 0.3) is 44.5 Å². The molecule has 1 aliphatic rings. The number of rotatable bonds is 12. The minimum Gasteiger partial charge on any atom is -0.481 e. The molecule has 6 rings (SSSR count). The highest BCUT2D eigenvalue weighted by Crippen LogP contribution is 2.42. The van der Waals surface area contributed by atoms with Crippen LogP contribution >= 0.6 is 23.2 Å². The molecule has 0 bridgehead atoms. The minimum absolute atomic E-state index is 0.101. The van der Waals surface area contributed by atoms with Crippen LogP contribution in [0.4, 0.5) is 0 Å². The van der Waals surface area contributed by atoms with E-state index < -0.39 is 6.10 Å². The van der Waals surface area contributed by atoms with E-state index in [1.807, 2.05) is 66.9 Å². The number of aliphatic hydroxyl groups excluding tert-OH is 1. The summed E-state index contributed by atoms with van der Waals surface area (Å²) in [6.07, 6.45) is 4.63. The second-order valence-electron chi connectivity index (χ2n) is 11.7. The maximum Gasteiger partial charge on any atom is 0.220 e. The van der Waals surface area contributed by atoms with Gasteiger partial charge < -0.3 is 25.8 Å². The van der Waals surface area contributed by atoms with Gasteiger partial charge in [0, 0.05) is 84.2 Å². The quantitative estimate of drug-likeness (QED) is 0.124. The second-order valence-corrected chi connectivity index (χ2v) is 12.5. The lowest BCUT2D eigenvalue weighted by Crippen LogP contribution is -2.35. The summed E-state index contributed by atoms with van der Waals surface area (Å²) in [5.74, 6) is 0.606. The van der Waals surface area contributed by atoms with Crippen molar-refractivity contribution in [3.05, 3.63) is 94.2 Å².